The predicted molar refractivity (Wildman–Crippen MR) is 91.6 cm³/mol. The predicted octanol–water partition coefficient (Wildman–Crippen LogP) is 3.00. The van der Waals surface area contributed by atoms with E-state index in [1.807, 2.05) is 0 Å². The van der Waals surface area contributed by atoms with Gasteiger partial charge in [-0.1, -0.05) is 6.07 Å². The van der Waals surface area contributed by atoms with Crippen molar-refractivity contribution in [2.75, 3.05) is 19.0 Å². The van der Waals surface area contributed by atoms with Crippen molar-refractivity contribution in [1.82, 2.24) is 0 Å². The summed E-state index contributed by atoms with van der Waals surface area (Å²) in [6.45, 7) is -3.81. The van der Waals surface area contributed by atoms with Gasteiger partial charge >= 0.3 is 12.6 Å². The molecule has 0 aliphatic rings. The van der Waals surface area contributed by atoms with Crippen molar-refractivity contribution in [3.63, 3.8) is 0 Å². The highest BCUT2D eigenvalue weighted by atomic mass is 19.3. The Morgan fingerprint density at radius 1 is 1.18 bits per heavy atom. The van der Waals surface area contributed by atoms with E-state index in [2.05, 4.69) is 10.1 Å². The number of carbonyl (C=O) groups excluding carboxylic acids is 2. The van der Waals surface area contributed by atoms with E-state index in [0.717, 1.165) is 12.1 Å². The van der Waals surface area contributed by atoms with Crippen LogP contribution in [0.5, 0.6) is 11.5 Å². The van der Waals surface area contributed by atoms with Crippen molar-refractivity contribution < 1.29 is 37.5 Å². The van der Waals surface area contributed by atoms with Crippen LogP contribution < -0.4 is 14.8 Å². The average molecular weight is 396 g/mol. The van der Waals surface area contributed by atoms with E-state index < -0.39 is 35.7 Å². The van der Waals surface area contributed by atoms with Gasteiger partial charge in [0.15, 0.2) is 6.61 Å². The fourth-order valence-electron chi connectivity index (χ4n) is 2.10. The van der Waals surface area contributed by atoms with Crippen molar-refractivity contribution in [2.24, 2.45) is 0 Å². The molecule has 0 radical (unpaired) electrons. The molecule has 2 rings (SSSR count). The molecule has 0 fully saturated rings. The second-order valence-corrected chi connectivity index (χ2v) is 5.17. The number of rotatable bonds is 8. The number of amides is 1. The van der Waals surface area contributed by atoms with Gasteiger partial charge in [-0.25, -0.2) is 4.79 Å². The van der Waals surface area contributed by atoms with Gasteiger partial charge in [0.25, 0.3) is 11.6 Å². The van der Waals surface area contributed by atoms with Gasteiger partial charge < -0.3 is 19.5 Å². The first-order valence-electron chi connectivity index (χ1n) is 7.64. The van der Waals surface area contributed by atoms with Gasteiger partial charge in [0.2, 0.25) is 0 Å². The molecule has 0 saturated carbocycles. The number of hydrogen-bond acceptors (Lipinski definition) is 7. The summed E-state index contributed by atoms with van der Waals surface area (Å²) in [5.74, 6) is -1.81. The van der Waals surface area contributed by atoms with Crippen LogP contribution in [0, 0.1) is 10.1 Å². The highest BCUT2D eigenvalue weighted by molar-refractivity contribution is 5.97. The van der Waals surface area contributed by atoms with Crippen molar-refractivity contribution in [3.8, 4) is 11.5 Å². The molecule has 28 heavy (non-hydrogen) atoms. The van der Waals surface area contributed by atoms with Crippen LogP contribution in [0.1, 0.15) is 10.4 Å². The molecule has 1 amide bonds. The van der Waals surface area contributed by atoms with Gasteiger partial charge in [-0.2, -0.15) is 8.78 Å². The van der Waals surface area contributed by atoms with Crippen LogP contribution in [-0.2, 0) is 9.53 Å². The first-order valence-corrected chi connectivity index (χ1v) is 7.64. The molecule has 148 valence electrons. The average Bonchev–Trinajstić information content (AvgIpc) is 2.66. The van der Waals surface area contributed by atoms with Crippen molar-refractivity contribution in [2.45, 2.75) is 6.61 Å². The molecule has 2 aromatic carbocycles. The van der Waals surface area contributed by atoms with Crippen LogP contribution in [0.3, 0.4) is 0 Å². The van der Waals surface area contributed by atoms with Gasteiger partial charge in [-0.3, -0.25) is 14.9 Å². The lowest BCUT2D eigenvalue weighted by molar-refractivity contribution is -0.384. The highest BCUT2D eigenvalue weighted by Gasteiger charge is 2.18. The lowest BCUT2D eigenvalue weighted by Gasteiger charge is -2.09. The zero-order chi connectivity index (χ0) is 20.7. The summed E-state index contributed by atoms with van der Waals surface area (Å²) in [4.78, 5) is 34.2. The molecule has 0 saturated heterocycles. The summed E-state index contributed by atoms with van der Waals surface area (Å²) >= 11 is 0. The van der Waals surface area contributed by atoms with Crippen molar-refractivity contribution in [3.05, 3.63) is 58.1 Å². The second-order valence-electron chi connectivity index (χ2n) is 5.17. The number of nitrogens with one attached hydrogen (secondary N) is 1. The normalized spacial score (nSPS) is 10.3. The molecular formula is C17H14F2N2O7. The Morgan fingerprint density at radius 2 is 1.93 bits per heavy atom. The van der Waals surface area contributed by atoms with Crippen molar-refractivity contribution >= 4 is 23.3 Å². The number of benzene rings is 2. The van der Waals surface area contributed by atoms with Crippen molar-refractivity contribution in [1.29, 1.82) is 0 Å². The smallest absolute Gasteiger partial charge is 0.387 e. The fraction of sp³-hybridized carbons (Fsp3) is 0.176. The zero-order valence-corrected chi connectivity index (χ0v) is 14.4. The van der Waals surface area contributed by atoms with E-state index in [0.29, 0.717) is 0 Å². The SMILES string of the molecule is COc1ccc(NC(=O)COC(=O)c2cccc(OC(F)F)c2)c([N+](=O)[O-])c1. The molecule has 0 aliphatic heterocycles. The molecule has 9 nitrogen and oxygen atoms in total. The Kier molecular flexibility index (Phi) is 6.79. The van der Waals surface area contributed by atoms with E-state index >= 15 is 0 Å². The minimum absolute atomic E-state index is 0.110. The van der Waals surface area contributed by atoms with E-state index in [-0.39, 0.29) is 22.7 Å². The molecule has 0 spiro atoms. The maximum absolute atomic E-state index is 12.2. The number of halogens is 2. The van der Waals surface area contributed by atoms with E-state index in [9.17, 15) is 28.5 Å². The monoisotopic (exact) mass is 396 g/mol. The molecular weight excluding hydrogens is 382 g/mol. The molecule has 0 aliphatic carbocycles. The summed E-state index contributed by atoms with van der Waals surface area (Å²) in [5, 5.41) is 13.3. The molecule has 2 aromatic rings. The molecule has 0 bridgehead atoms. The number of methoxy groups -OCH3 is 1. The van der Waals surface area contributed by atoms with Gasteiger partial charge in [-0.05, 0) is 30.3 Å². The molecule has 1 N–H and O–H groups in total. The number of nitro benzene ring substituents is 1. The summed E-state index contributed by atoms with van der Waals surface area (Å²) in [6.07, 6.45) is 0. The maximum atomic E-state index is 12.2. The molecule has 0 unspecified atom stereocenters. The number of nitrogens with zero attached hydrogens (tertiary/aromatic N) is 1. The van der Waals surface area contributed by atoms with Crippen LogP contribution in [0.2, 0.25) is 0 Å². The highest BCUT2D eigenvalue weighted by Crippen LogP contribution is 2.28. The molecule has 0 atom stereocenters. The van der Waals surface area contributed by atoms with Crippen LogP contribution in [-0.4, -0.2) is 37.1 Å². The first kappa shape index (κ1) is 20.6. The number of hydrogen-bond donors (Lipinski definition) is 1. The second kappa shape index (κ2) is 9.26. The third kappa shape index (κ3) is 5.62. The molecule has 0 heterocycles. The van der Waals surface area contributed by atoms with Gasteiger partial charge in [-0.15, -0.1) is 0 Å². The Bertz CT molecular complexity index is 890. The standard InChI is InChI=1S/C17H14F2N2O7/c1-26-11-5-6-13(14(8-11)21(24)25)20-15(22)9-27-16(23)10-3-2-4-12(7-10)28-17(18)19/h2-8,17H,9H2,1H3,(H,20,22). The summed E-state index contributed by atoms with van der Waals surface area (Å²) in [5.41, 5.74) is -0.628. The van der Waals surface area contributed by atoms with Crippen LogP contribution in [0.15, 0.2) is 42.5 Å². The van der Waals surface area contributed by atoms with E-state index in [1.54, 1.807) is 0 Å². The molecule has 0 aromatic heterocycles. The Labute approximate surface area is 157 Å². The van der Waals surface area contributed by atoms with E-state index in [4.69, 9.17) is 9.47 Å². The zero-order valence-electron chi connectivity index (χ0n) is 14.4. The Balaban J connectivity index is 1.99. The summed E-state index contributed by atoms with van der Waals surface area (Å²) in [7, 11) is 1.33. The number of anilines is 1. The number of alkyl halides is 2. The lowest BCUT2D eigenvalue weighted by atomic mass is 10.2. The fourth-order valence-corrected chi connectivity index (χ4v) is 2.10. The van der Waals surface area contributed by atoms with Gasteiger partial charge in [0.1, 0.15) is 17.2 Å². The molecule has 11 heteroatoms. The number of nitro groups is 1. The van der Waals surface area contributed by atoms with Gasteiger partial charge in [0, 0.05) is 0 Å². The maximum Gasteiger partial charge on any atom is 0.387 e. The van der Waals surface area contributed by atoms with Gasteiger partial charge in [0.05, 0.1) is 23.7 Å². The minimum Gasteiger partial charge on any atom is -0.496 e. The number of carbonyl (C=O) groups is 2. The lowest BCUT2D eigenvalue weighted by Crippen LogP contribution is -2.21. The summed E-state index contributed by atoms with van der Waals surface area (Å²) in [6, 6.07) is 8.63. The third-order valence-corrected chi connectivity index (χ3v) is 3.30. The van der Waals surface area contributed by atoms with E-state index in [1.165, 1.54) is 37.4 Å². The first-order chi connectivity index (χ1) is 13.3. The topological polar surface area (TPSA) is 117 Å². The number of esters is 1. The van der Waals surface area contributed by atoms with Crippen LogP contribution >= 0.6 is 0 Å². The Hall–Kier alpha value is -3.76. The summed E-state index contributed by atoms with van der Waals surface area (Å²) < 4.78 is 38.2. The quantitative estimate of drug-likeness (QED) is 0.414. The third-order valence-electron chi connectivity index (χ3n) is 3.30. The minimum atomic E-state index is -3.06. The largest absolute Gasteiger partial charge is 0.496 e. The van der Waals surface area contributed by atoms with Crippen LogP contribution in [0.4, 0.5) is 20.2 Å². The van der Waals surface area contributed by atoms with Crippen LogP contribution in [0.25, 0.3) is 0 Å². The number of ether oxygens (including phenoxy) is 3. The Morgan fingerprint density at radius 3 is 2.57 bits per heavy atom.